The molecule has 2 rings (SSSR count). The van der Waals surface area contributed by atoms with Gasteiger partial charge in [-0.05, 0) is 32.1 Å². The predicted octanol–water partition coefficient (Wildman–Crippen LogP) is -0.237. The number of amides is 1. The molecule has 0 spiro atoms. The third kappa shape index (κ3) is 2.93. The number of carbonyl (C=O) groups excluding carboxylic acids is 1. The molecule has 0 aromatic heterocycles. The lowest BCUT2D eigenvalue weighted by Gasteiger charge is -2.34. The molecule has 1 aliphatic carbocycles. The van der Waals surface area contributed by atoms with Crippen molar-refractivity contribution in [2.24, 2.45) is 11.7 Å². The molecule has 1 heterocycles. The van der Waals surface area contributed by atoms with Crippen molar-refractivity contribution in [1.82, 2.24) is 4.90 Å². The molecule has 0 bridgehead atoms. The highest BCUT2D eigenvalue weighted by molar-refractivity contribution is 7.91. The summed E-state index contributed by atoms with van der Waals surface area (Å²) < 4.78 is 23.1. The topological polar surface area (TPSA) is 80.5 Å². The largest absolute Gasteiger partial charge is 0.326 e. The van der Waals surface area contributed by atoms with E-state index in [1.807, 2.05) is 0 Å². The van der Waals surface area contributed by atoms with Crippen LogP contribution in [0.2, 0.25) is 0 Å². The molecule has 2 unspecified atom stereocenters. The smallest absolute Gasteiger partial charge is 0.243 e. The maximum atomic E-state index is 12.5. The number of sulfone groups is 1. The van der Waals surface area contributed by atoms with Gasteiger partial charge in [0, 0.05) is 6.04 Å². The molecule has 0 radical (unpaired) electrons. The van der Waals surface area contributed by atoms with Gasteiger partial charge in [-0.1, -0.05) is 5.92 Å². The summed E-state index contributed by atoms with van der Waals surface area (Å²) in [5.74, 6) is 2.54. The Hall–Kier alpha value is -1.06. The van der Waals surface area contributed by atoms with Crippen LogP contribution < -0.4 is 5.73 Å². The molecule has 5 nitrogen and oxygen atoms in total. The zero-order chi connectivity index (χ0) is 14.3. The summed E-state index contributed by atoms with van der Waals surface area (Å²) >= 11 is 0. The van der Waals surface area contributed by atoms with Crippen molar-refractivity contribution in [1.29, 1.82) is 0 Å². The van der Waals surface area contributed by atoms with Gasteiger partial charge in [-0.3, -0.25) is 4.79 Å². The minimum absolute atomic E-state index is 0.00116. The number of nitrogens with zero attached hydrogens (tertiary/aromatic N) is 1. The van der Waals surface area contributed by atoms with Crippen LogP contribution >= 0.6 is 0 Å². The first-order valence-electron chi connectivity index (χ1n) is 6.52. The molecule has 6 heteroatoms. The standard InChI is InChI=1S/C13H20N2O3S/c1-3-7-15(11-6-8-19(17,18)9-11)12(16)13(2,14)10-4-5-10/h1,10-11H,4-9,14H2,2H3. The fraction of sp³-hybridized carbons (Fsp3) is 0.769. The van der Waals surface area contributed by atoms with E-state index in [2.05, 4.69) is 5.92 Å². The van der Waals surface area contributed by atoms with E-state index in [0.717, 1.165) is 12.8 Å². The van der Waals surface area contributed by atoms with Crippen LogP contribution in [-0.2, 0) is 14.6 Å². The molecule has 1 saturated carbocycles. The molecule has 2 N–H and O–H groups in total. The Labute approximate surface area is 114 Å². The second-order valence-corrected chi connectivity index (χ2v) is 7.98. The number of nitrogens with two attached hydrogens (primary N) is 1. The van der Waals surface area contributed by atoms with E-state index in [-0.39, 0.29) is 35.9 Å². The third-order valence-electron chi connectivity index (χ3n) is 4.06. The Morgan fingerprint density at radius 1 is 1.47 bits per heavy atom. The Balaban J connectivity index is 2.16. The average Bonchev–Trinajstić information content (AvgIpc) is 3.11. The summed E-state index contributed by atoms with van der Waals surface area (Å²) in [4.78, 5) is 14.0. The van der Waals surface area contributed by atoms with Crippen LogP contribution in [0.25, 0.3) is 0 Å². The van der Waals surface area contributed by atoms with Gasteiger partial charge in [0.1, 0.15) is 0 Å². The monoisotopic (exact) mass is 284 g/mol. The highest BCUT2D eigenvalue weighted by atomic mass is 32.2. The lowest BCUT2D eigenvalue weighted by atomic mass is 9.94. The van der Waals surface area contributed by atoms with E-state index >= 15 is 0 Å². The number of hydrogen-bond acceptors (Lipinski definition) is 4. The minimum atomic E-state index is -3.05. The van der Waals surface area contributed by atoms with Crippen molar-refractivity contribution in [2.45, 2.75) is 37.8 Å². The van der Waals surface area contributed by atoms with Gasteiger partial charge in [-0.25, -0.2) is 8.42 Å². The fourth-order valence-electron chi connectivity index (χ4n) is 2.65. The van der Waals surface area contributed by atoms with Crippen LogP contribution in [0.5, 0.6) is 0 Å². The zero-order valence-corrected chi connectivity index (χ0v) is 11.9. The lowest BCUT2D eigenvalue weighted by Crippen LogP contribution is -2.57. The molecular formula is C13H20N2O3S. The molecule has 0 aromatic rings. The molecule has 19 heavy (non-hydrogen) atoms. The first-order chi connectivity index (χ1) is 8.78. The van der Waals surface area contributed by atoms with E-state index in [1.165, 1.54) is 4.90 Å². The van der Waals surface area contributed by atoms with Gasteiger partial charge in [0.2, 0.25) is 5.91 Å². The summed E-state index contributed by atoms with van der Waals surface area (Å²) in [6.07, 6.45) is 7.66. The number of carbonyl (C=O) groups is 1. The molecule has 106 valence electrons. The molecular weight excluding hydrogens is 264 g/mol. The van der Waals surface area contributed by atoms with Gasteiger partial charge >= 0.3 is 0 Å². The van der Waals surface area contributed by atoms with Crippen LogP contribution in [0.4, 0.5) is 0 Å². The summed E-state index contributed by atoms with van der Waals surface area (Å²) in [5.41, 5.74) is 5.20. The first kappa shape index (κ1) is 14.4. The quantitative estimate of drug-likeness (QED) is 0.723. The van der Waals surface area contributed by atoms with Gasteiger partial charge in [0.15, 0.2) is 9.84 Å². The van der Waals surface area contributed by atoms with Crippen molar-refractivity contribution in [3.63, 3.8) is 0 Å². The maximum Gasteiger partial charge on any atom is 0.243 e. The van der Waals surface area contributed by atoms with Gasteiger partial charge in [-0.2, -0.15) is 0 Å². The summed E-state index contributed by atoms with van der Waals surface area (Å²) in [5, 5.41) is 0. The van der Waals surface area contributed by atoms with Crippen molar-refractivity contribution in [2.75, 3.05) is 18.1 Å². The zero-order valence-electron chi connectivity index (χ0n) is 11.1. The molecule has 1 amide bonds. The molecule has 2 atom stereocenters. The molecule has 0 aromatic carbocycles. The Kier molecular flexibility index (Phi) is 3.63. The maximum absolute atomic E-state index is 12.5. The van der Waals surface area contributed by atoms with E-state index in [0.29, 0.717) is 6.42 Å². The summed E-state index contributed by atoms with van der Waals surface area (Å²) in [6.45, 7) is 1.85. The van der Waals surface area contributed by atoms with Gasteiger partial charge in [0.25, 0.3) is 0 Å². The second-order valence-electron chi connectivity index (χ2n) is 5.75. The fourth-order valence-corrected chi connectivity index (χ4v) is 4.38. The molecule has 1 saturated heterocycles. The van der Waals surface area contributed by atoms with Crippen molar-refractivity contribution in [3.8, 4) is 12.3 Å². The van der Waals surface area contributed by atoms with Crippen molar-refractivity contribution in [3.05, 3.63) is 0 Å². The van der Waals surface area contributed by atoms with Crippen molar-refractivity contribution >= 4 is 15.7 Å². The van der Waals surface area contributed by atoms with Crippen LogP contribution in [0.3, 0.4) is 0 Å². The third-order valence-corrected chi connectivity index (χ3v) is 5.81. The first-order valence-corrected chi connectivity index (χ1v) is 8.34. The van der Waals surface area contributed by atoms with E-state index < -0.39 is 15.4 Å². The molecule has 2 aliphatic rings. The van der Waals surface area contributed by atoms with Crippen LogP contribution in [-0.4, -0.2) is 48.9 Å². The Morgan fingerprint density at radius 3 is 2.53 bits per heavy atom. The Bertz CT molecular complexity index is 514. The van der Waals surface area contributed by atoms with E-state index in [4.69, 9.17) is 12.2 Å². The van der Waals surface area contributed by atoms with Crippen molar-refractivity contribution < 1.29 is 13.2 Å². The number of hydrogen-bond donors (Lipinski definition) is 1. The highest BCUT2D eigenvalue weighted by Crippen LogP contribution is 2.39. The average molecular weight is 284 g/mol. The summed E-state index contributed by atoms with van der Waals surface area (Å²) in [7, 11) is -3.05. The van der Waals surface area contributed by atoms with Gasteiger partial charge < -0.3 is 10.6 Å². The normalized spacial score (nSPS) is 28.4. The number of rotatable bonds is 4. The lowest BCUT2D eigenvalue weighted by molar-refractivity contribution is -0.138. The van der Waals surface area contributed by atoms with Crippen LogP contribution in [0.1, 0.15) is 26.2 Å². The summed E-state index contributed by atoms with van der Waals surface area (Å²) in [6, 6.07) is -0.324. The van der Waals surface area contributed by atoms with E-state index in [1.54, 1.807) is 6.92 Å². The SMILES string of the molecule is C#CCN(C(=O)C(C)(N)C1CC1)C1CCS(=O)(=O)C1. The Morgan fingerprint density at radius 2 is 2.11 bits per heavy atom. The molecule has 2 fully saturated rings. The predicted molar refractivity (Wildman–Crippen MR) is 72.9 cm³/mol. The highest BCUT2D eigenvalue weighted by Gasteiger charge is 2.48. The van der Waals surface area contributed by atoms with E-state index in [9.17, 15) is 13.2 Å². The second kappa shape index (κ2) is 4.80. The van der Waals surface area contributed by atoms with Gasteiger partial charge in [0.05, 0.1) is 23.6 Å². The van der Waals surface area contributed by atoms with Crippen LogP contribution in [0, 0.1) is 18.3 Å². The minimum Gasteiger partial charge on any atom is -0.326 e. The molecule has 1 aliphatic heterocycles. The van der Waals surface area contributed by atoms with Crippen LogP contribution in [0.15, 0.2) is 0 Å². The van der Waals surface area contributed by atoms with Gasteiger partial charge in [-0.15, -0.1) is 6.42 Å². The number of terminal acetylenes is 1.